The lowest BCUT2D eigenvalue weighted by Crippen LogP contribution is -2.41. The maximum atomic E-state index is 7.19. The first-order valence-corrected chi connectivity index (χ1v) is 5.37. The Bertz CT molecular complexity index is 500. The summed E-state index contributed by atoms with van der Waals surface area (Å²) >= 11 is 0. The van der Waals surface area contributed by atoms with Crippen LogP contribution in [0, 0.1) is 0 Å². The first-order chi connectivity index (χ1) is 8.93. The average Bonchev–Trinajstić information content (AvgIpc) is 2.65. The first-order valence-electron chi connectivity index (χ1n) is 6.87. The van der Waals surface area contributed by atoms with Gasteiger partial charge in [-0.05, 0) is 27.7 Å². The summed E-state index contributed by atoms with van der Waals surface area (Å²) in [4.78, 5) is 0. The molecule has 6 nitrogen and oxygen atoms in total. The molecule has 94 valence electrons. The average molecular weight is 242 g/mol. The van der Waals surface area contributed by atoms with Gasteiger partial charge in [-0.25, -0.2) is 4.68 Å². The van der Waals surface area contributed by atoms with E-state index in [1.54, 1.807) is 7.05 Å². The van der Waals surface area contributed by atoms with Gasteiger partial charge in [-0.1, -0.05) is 5.21 Å². The van der Waals surface area contributed by atoms with E-state index in [4.69, 9.17) is 18.2 Å². The minimum Gasteiger partial charge on any atom is -0.480 e. The predicted molar refractivity (Wildman–Crippen MR) is 63.3 cm³/mol. The Morgan fingerprint density at radius 3 is 2.41 bits per heavy atom. The third kappa shape index (κ3) is 1.83. The molecule has 0 amide bonds. The van der Waals surface area contributed by atoms with Gasteiger partial charge in [0.25, 0.3) is 0 Å². The second-order valence-electron chi connectivity index (χ2n) is 5.09. The lowest BCUT2D eigenvalue weighted by molar-refractivity contribution is 0.00578. The molecule has 1 aliphatic rings. The number of aromatic nitrogens is 3. The fourth-order valence-corrected chi connectivity index (χ4v) is 1.59. The zero-order valence-electron chi connectivity index (χ0n) is 13.6. The van der Waals surface area contributed by atoms with Crippen LogP contribution in [0.5, 0.6) is 5.88 Å². The number of hydrogen-bond acceptors (Lipinski definition) is 5. The van der Waals surface area contributed by atoms with Crippen molar-refractivity contribution in [3.8, 4) is 5.88 Å². The molecule has 0 N–H and O–H groups in total. The van der Waals surface area contributed by atoms with Gasteiger partial charge in [-0.3, -0.25) is 0 Å². The van der Waals surface area contributed by atoms with Crippen LogP contribution < -0.4 is 10.3 Å². The summed E-state index contributed by atoms with van der Waals surface area (Å²) in [6, 6.07) is 0. The molecule has 2 heterocycles. The van der Waals surface area contributed by atoms with E-state index in [-0.39, 0.29) is 11.5 Å². The zero-order chi connectivity index (χ0) is 15.3. The highest BCUT2D eigenvalue weighted by Crippen LogP contribution is 2.36. The minimum absolute atomic E-state index is 0.0171. The Morgan fingerprint density at radius 1 is 1.29 bits per heavy atom. The molecule has 1 fully saturated rings. The fraction of sp³-hybridized carbons (Fsp3) is 0.800. The SMILES string of the molecule is [2H]C([2H])([2H])Oc1c(B2OC(C)(C)C(C)(C)O2)nnn1C. The molecule has 0 aliphatic carbocycles. The summed E-state index contributed by atoms with van der Waals surface area (Å²) in [5.41, 5.74) is -0.874. The van der Waals surface area contributed by atoms with Gasteiger partial charge in [-0.2, -0.15) is 0 Å². The van der Waals surface area contributed by atoms with E-state index in [9.17, 15) is 0 Å². The standard InChI is InChI=1S/C10H18BN3O3/c1-9(2)10(3,4)17-11(16-9)7-8(15-6)14(5)13-12-7/h1-6H3/i6D3. The second-order valence-corrected chi connectivity index (χ2v) is 5.09. The molecule has 2 rings (SSSR count). The lowest BCUT2D eigenvalue weighted by atomic mass is 9.85. The van der Waals surface area contributed by atoms with Crippen LogP contribution in [-0.4, -0.2) is 40.4 Å². The molecule has 1 aromatic heterocycles. The van der Waals surface area contributed by atoms with E-state index in [0.29, 0.717) is 0 Å². The molecule has 0 aromatic carbocycles. The van der Waals surface area contributed by atoms with Crippen LogP contribution in [0.15, 0.2) is 0 Å². The lowest BCUT2D eigenvalue weighted by Gasteiger charge is -2.32. The van der Waals surface area contributed by atoms with Crippen LogP contribution in [0.25, 0.3) is 0 Å². The number of nitrogens with zero attached hydrogens (tertiary/aromatic N) is 3. The summed E-state index contributed by atoms with van der Waals surface area (Å²) in [5.74, 6) is 0.0171. The smallest absolute Gasteiger partial charge is 0.480 e. The summed E-state index contributed by atoms with van der Waals surface area (Å²) in [7, 11) is -1.86. The summed E-state index contributed by atoms with van der Waals surface area (Å²) in [6.45, 7) is 7.59. The summed E-state index contributed by atoms with van der Waals surface area (Å²) in [5, 5.41) is 7.67. The van der Waals surface area contributed by atoms with Gasteiger partial charge < -0.3 is 14.0 Å². The Kier molecular flexibility index (Phi) is 1.95. The molecule has 0 unspecified atom stereocenters. The molecule has 0 spiro atoms. The topological polar surface area (TPSA) is 58.4 Å². The molecule has 0 saturated carbocycles. The number of rotatable bonds is 2. The van der Waals surface area contributed by atoms with E-state index in [1.165, 1.54) is 4.68 Å². The monoisotopic (exact) mass is 242 g/mol. The van der Waals surface area contributed by atoms with Crippen molar-refractivity contribution < 1.29 is 18.2 Å². The van der Waals surface area contributed by atoms with Crippen LogP contribution in [0.4, 0.5) is 0 Å². The van der Waals surface area contributed by atoms with Gasteiger partial charge in [0.1, 0.15) is 0 Å². The Labute approximate surface area is 106 Å². The number of hydrogen-bond donors (Lipinski definition) is 0. The molecule has 17 heavy (non-hydrogen) atoms. The summed E-state index contributed by atoms with van der Waals surface area (Å²) in [6.07, 6.45) is 0. The van der Waals surface area contributed by atoms with Crippen LogP contribution >= 0.6 is 0 Å². The van der Waals surface area contributed by atoms with Crippen molar-refractivity contribution in [2.45, 2.75) is 38.9 Å². The minimum atomic E-state index is -2.59. The molecule has 0 bridgehead atoms. The van der Waals surface area contributed by atoms with Gasteiger partial charge >= 0.3 is 7.12 Å². The Hall–Kier alpha value is -1.08. The van der Waals surface area contributed by atoms with E-state index in [0.717, 1.165) is 0 Å². The van der Waals surface area contributed by atoms with Gasteiger partial charge in [0.2, 0.25) is 5.88 Å². The normalized spacial score (nSPS) is 25.2. The van der Waals surface area contributed by atoms with Gasteiger partial charge in [0.05, 0.1) is 22.4 Å². The molecular weight excluding hydrogens is 221 g/mol. The molecular formula is C10H18BN3O3. The number of methoxy groups -OCH3 is 1. The summed E-state index contributed by atoms with van der Waals surface area (Å²) < 4.78 is 39.4. The molecule has 1 aromatic rings. The van der Waals surface area contributed by atoms with Gasteiger partial charge in [0.15, 0.2) is 5.59 Å². The van der Waals surface area contributed by atoms with Crippen molar-refractivity contribution in [2.24, 2.45) is 7.05 Å². The predicted octanol–water partition coefficient (Wildman–Crippen LogP) is 0.123. The van der Waals surface area contributed by atoms with Crippen molar-refractivity contribution in [3.05, 3.63) is 0 Å². The first kappa shape index (κ1) is 8.94. The van der Waals surface area contributed by atoms with Crippen molar-refractivity contribution in [2.75, 3.05) is 7.04 Å². The van der Waals surface area contributed by atoms with Crippen molar-refractivity contribution in [3.63, 3.8) is 0 Å². The molecule has 7 heteroatoms. The van der Waals surface area contributed by atoms with Crippen LogP contribution in [0.1, 0.15) is 31.8 Å². The number of aryl methyl sites for hydroxylation is 1. The largest absolute Gasteiger partial charge is 0.522 e. The van der Waals surface area contributed by atoms with Crippen molar-refractivity contribution in [1.29, 1.82) is 0 Å². The third-order valence-electron chi connectivity index (χ3n) is 3.37. The fourth-order valence-electron chi connectivity index (χ4n) is 1.59. The maximum Gasteiger partial charge on any atom is 0.522 e. The highest BCUT2D eigenvalue weighted by atomic mass is 16.7. The van der Waals surface area contributed by atoms with Crippen molar-refractivity contribution >= 4 is 12.7 Å². The quantitative estimate of drug-likeness (QED) is 0.689. The second kappa shape index (κ2) is 3.71. The Balaban J connectivity index is 2.32. The van der Waals surface area contributed by atoms with E-state index in [1.807, 2.05) is 27.7 Å². The van der Waals surface area contributed by atoms with Crippen molar-refractivity contribution in [1.82, 2.24) is 15.0 Å². The van der Waals surface area contributed by atoms with Crippen LogP contribution in [0.2, 0.25) is 0 Å². The highest BCUT2D eigenvalue weighted by molar-refractivity contribution is 6.62. The highest BCUT2D eigenvalue weighted by Gasteiger charge is 2.54. The molecule has 1 saturated heterocycles. The Morgan fingerprint density at radius 2 is 1.88 bits per heavy atom. The zero-order valence-corrected chi connectivity index (χ0v) is 10.6. The molecule has 0 radical (unpaired) electrons. The van der Waals surface area contributed by atoms with Gasteiger partial charge in [-0.15, -0.1) is 5.10 Å². The van der Waals surface area contributed by atoms with E-state index < -0.39 is 25.4 Å². The number of ether oxygens (including phenoxy) is 1. The maximum absolute atomic E-state index is 7.19. The van der Waals surface area contributed by atoms with Crippen LogP contribution in [0.3, 0.4) is 0 Å². The van der Waals surface area contributed by atoms with E-state index in [2.05, 4.69) is 10.3 Å². The molecule has 1 aliphatic heterocycles. The van der Waals surface area contributed by atoms with E-state index >= 15 is 0 Å². The van der Waals surface area contributed by atoms with Crippen LogP contribution in [-0.2, 0) is 16.4 Å². The molecule has 0 atom stereocenters. The van der Waals surface area contributed by atoms with Gasteiger partial charge in [0, 0.05) is 7.05 Å². The third-order valence-corrected chi connectivity index (χ3v) is 3.37.